The van der Waals surface area contributed by atoms with Crippen LogP contribution >= 0.6 is 0 Å². The quantitative estimate of drug-likeness (QED) is 0.876. The first kappa shape index (κ1) is 15.5. The molecule has 0 aromatic heterocycles. The molecule has 1 unspecified atom stereocenters. The highest BCUT2D eigenvalue weighted by molar-refractivity contribution is 5.87. The molecule has 0 spiro atoms. The van der Waals surface area contributed by atoms with E-state index >= 15 is 0 Å². The second kappa shape index (κ2) is 5.88. The van der Waals surface area contributed by atoms with E-state index in [0.717, 1.165) is 5.56 Å². The number of amides is 1. The Bertz CT molecular complexity index is 531. The van der Waals surface area contributed by atoms with Crippen molar-refractivity contribution < 1.29 is 14.7 Å². The lowest BCUT2D eigenvalue weighted by molar-refractivity contribution is -0.132. The Kier molecular flexibility index (Phi) is 4.35. The maximum atomic E-state index is 12.2. The van der Waals surface area contributed by atoms with Crippen molar-refractivity contribution in [3.8, 4) is 0 Å². The van der Waals surface area contributed by atoms with Gasteiger partial charge >= 0.3 is 5.97 Å². The van der Waals surface area contributed by atoms with E-state index in [4.69, 9.17) is 5.11 Å². The van der Waals surface area contributed by atoms with Crippen LogP contribution < -0.4 is 0 Å². The number of hydrogen-bond donors (Lipinski definition) is 1. The largest absolute Gasteiger partial charge is 0.478 e. The van der Waals surface area contributed by atoms with Gasteiger partial charge in [0.1, 0.15) is 0 Å². The third kappa shape index (κ3) is 3.63. The molecule has 1 amide bonds. The molecule has 4 heteroatoms. The van der Waals surface area contributed by atoms with E-state index in [9.17, 15) is 9.59 Å². The normalized spacial score (nSPS) is 17.1. The Hall–Kier alpha value is -1.84. The zero-order valence-corrected chi connectivity index (χ0v) is 12.9. The zero-order valence-electron chi connectivity index (χ0n) is 12.9. The summed E-state index contributed by atoms with van der Waals surface area (Å²) in [6.45, 7) is 4.35. The number of nitrogens with zero attached hydrogens (tertiary/aromatic N) is 1. The standard InChI is InChI=1S/C17H23NO3/c1-12(17(2)10-11-17)18(3)15(19)9-6-13-4-7-14(8-5-13)16(20)21/h4-5,7-8,12H,6,9-11H2,1-3H3,(H,20,21). The molecule has 1 fully saturated rings. The zero-order chi connectivity index (χ0) is 15.6. The smallest absolute Gasteiger partial charge is 0.335 e. The molecule has 1 atom stereocenters. The van der Waals surface area contributed by atoms with Crippen LogP contribution in [0.5, 0.6) is 0 Å². The minimum Gasteiger partial charge on any atom is -0.478 e. The first-order valence-corrected chi connectivity index (χ1v) is 7.41. The number of aromatic carboxylic acids is 1. The van der Waals surface area contributed by atoms with Gasteiger partial charge in [-0.05, 0) is 49.3 Å². The summed E-state index contributed by atoms with van der Waals surface area (Å²) in [5, 5.41) is 8.85. The summed E-state index contributed by atoms with van der Waals surface area (Å²) in [7, 11) is 1.88. The first-order valence-electron chi connectivity index (χ1n) is 7.41. The molecular formula is C17H23NO3. The predicted octanol–water partition coefficient (Wildman–Crippen LogP) is 2.96. The van der Waals surface area contributed by atoms with E-state index in [1.54, 1.807) is 24.3 Å². The van der Waals surface area contributed by atoms with Crippen molar-refractivity contribution in [2.24, 2.45) is 5.41 Å². The van der Waals surface area contributed by atoms with Crippen LogP contribution in [0.25, 0.3) is 0 Å². The van der Waals surface area contributed by atoms with Crippen molar-refractivity contribution in [1.29, 1.82) is 0 Å². The number of benzene rings is 1. The van der Waals surface area contributed by atoms with Crippen molar-refractivity contribution in [2.75, 3.05) is 7.05 Å². The average Bonchev–Trinajstić information content (AvgIpc) is 3.22. The van der Waals surface area contributed by atoms with Crippen LogP contribution in [0.15, 0.2) is 24.3 Å². The lowest BCUT2D eigenvalue weighted by Crippen LogP contribution is -2.40. The van der Waals surface area contributed by atoms with Crippen LogP contribution in [0.3, 0.4) is 0 Å². The molecule has 0 heterocycles. The van der Waals surface area contributed by atoms with Crippen molar-refractivity contribution in [1.82, 2.24) is 4.90 Å². The molecule has 1 saturated carbocycles. The molecule has 2 rings (SSSR count). The fourth-order valence-corrected chi connectivity index (χ4v) is 2.54. The number of carbonyl (C=O) groups excluding carboxylic acids is 1. The van der Waals surface area contributed by atoms with Gasteiger partial charge in [-0.15, -0.1) is 0 Å². The van der Waals surface area contributed by atoms with E-state index in [-0.39, 0.29) is 17.5 Å². The molecule has 114 valence electrons. The fraction of sp³-hybridized carbons (Fsp3) is 0.529. The highest BCUT2D eigenvalue weighted by atomic mass is 16.4. The Labute approximate surface area is 125 Å². The highest BCUT2D eigenvalue weighted by Crippen LogP contribution is 2.49. The molecule has 0 aliphatic heterocycles. The number of hydrogen-bond acceptors (Lipinski definition) is 2. The van der Waals surface area contributed by atoms with Gasteiger partial charge < -0.3 is 10.0 Å². The van der Waals surface area contributed by atoms with Gasteiger partial charge in [0.2, 0.25) is 5.91 Å². The minimum absolute atomic E-state index is 0.151. The van der Waals surface area contributed by atoms with E-state index < -0.39 is 5.97 Å². The topological polar surface area (TPSA) is 57.6 Å². The van der Waals surface area contributed by atoms with Crippen LogP contribution in [0.2, 0.25) is 0 Å². The molecule has 21 heavy (non-hydrogen) atoms. The van der Waals surface area contributed by atoms with Gasteiger partial charge in [-0.25, -0.2) is 4.79 Å². The first-order chi connectivity index (χ1) is 9.83. The number of aryl methyl sites for hydroxylation is 1. The summed E-state index contributed by atoms with van der Waals surface area (Å²) in [6.07, 6.45) is 3.50. The molecule has 1 aromatic rings. The van der Waals surface area contributed by atoms with Crippen LogP contribution in [-0.4, -0.2) is 35.0 Å². The number of carboxylic acid groups (broad SMARTS) is 1. The van der Waals surface area contributed by atoms with Crippen molar-refractivity contribution >= 4 is 11.9 Å². The van der Waals surface area contributed by atoms with Gasteiger partial charge in [-0.2, -0.15) is 0 Å². The Balaban J connectivity index is 1.87. The molecule has 0 saturated heterocycles. The van der Waals surface area contributed by atoms with Gasteiger partial charge in [0, 0.05) is 19.5 Å². The monoisotopic (exact) mass is 289 g/mol. The van der Waals surface area contributed by atoms with Crippen molar-refractivity contribution in [2.45, 2.75) is 45.6 Å². The Morgan fingerprint density at radius 1 is 1.29 bits per heavy atom. The van der Waals surface area contributed by atoms with E-state index in [1.165, 1.54) is 12.8 Å². The van der Waals surface area contributed by atoms with Crippen LogP contribution in [-0.2, 0) is 11.2 Å². The molecule has 1 aliphatic rings. The molecule has 0 bridgehead atoms. The lowest BCUT2D eigenvalue weighted by atomic mass is 9.99. The third-order valence-electron chi connectivity index (χ3n) is 4.85. The maximum Gasteiger partial charge on any atom is 0.335 e. The SMILES string of the molecule is CC(N(C)C(=O)CCc1ccc(C(=O)O)cc1)C1(C)CC1. The number of rotatable bonds is 6. The fourth-order valence-electron chi connectivity index (χ4n) is 2.54. The minimum atomic E-state index is -0.927. The van der Waals surface area contributed by atoms with E-state index in [0.29, 0.717) is 18.3 Å². The number of carboxylic acids is 1. The summed E-state index contributed by atoms with van der Waals surface area (Å²) in [5.74, 6) is -0.776. The summed E-state index contributed by atoms with van der Waals surface area (Å²) in [5.41, 5.74) is 1.57. The van der Waals surface area contributed by atoms with Crippen LogP contribution in [0.1, 0.15) is 49.0 Å². The molecular weight excluding hydrogens is 266 g/mol. The van der Waals surface area contributed by atoms with Gasteiger partial charge in [-0.1, -0.05) is 19.1 Å². The average molecular weight is 289 g/mol. The van der Waals surface area contributed by atoms with Crippen LogP contribution in [0.4, 0.5) is 0 Å². The van der Waals surface area contributed by atoms with Gasteiger partial charge in [0.15, 0.2) is 0 Å². The molecule has 1 aromatic carbocycles. The number of carbonyl (C=O) groups is 2. The predicted molar refractivity (Wildman–Crippen MR) is 81.3 cm³/mol. The molecule has 1 N–H and O–H groups in total. The van der Waals surface area contributed by atoms with Gasteiger partial charge in [-0.3, -0.25) is 4.79 Å². The van der Waals surface area contributed by atoms with Gasteiger partial charge in [0.25, 0.3) is 0 Å². The maximum absolute atomic E-state index is 12.2. The third-order valence-corrected chi connectivity index (χ3v) is 4.85. The molecule has 1 aliphatic carbocycles. The van der Waals surface area contributed by atoms with E-state index in [1.807, 2.05) is 11.9 Å². The second-order valence-corrected chi connectivity index (χ2v) is 6.34. The van der Waals surface area contributed by atoms with Gasteiger partial charge in [0.05, 0.1) is 5.56 Å². The molecule has 0 radical (unpaired) electrons. The summed E-state index contributed by atoms with van der Waals surface area (Å²) >= 11 is 0. The molecule has 4 nitrogen and oxygen atoms in total. The Morgan fingerprint density at radius 2 is 1.86 bits per heavy atom. The summed E-state index contributed by atoms with van der Waals surface area (Å²) < 4.78 is 0. The second-order valence-electron chi connectivity index (χ2n) is 6.34. The lowest BCUT2D eigenvalue weighted by Gasteiger charge is -2.30. The van der Waals surface area contributed by atoms with Crippen LogP contribution in [0, 0.1) is 5.41 Å². The van der Waals surface area contributed by atoms with E-state index in [2.05, 4.69) is 13.8 Å². The summed E-state index contributed by atoms with van der Waals surface area (Å²) in [4.78, 5) is 24.9. The van der Waals surface area contributed by atoms with Crippen molar-refractivity contribution in [3.63, 3.8) is 0 Å². The Morgan fingerprint density at radius 3 is 2.33 bits per heavy atom. The summed E-state index contributed by atoms with van der Waals surface area (Å²) in [6, 6.07) is 7.00. The highest BCUT2D eigenvalue weighted by Gasteiger charge is 2.45. The van der Waals surface area contributed by atoms with Crippen molar-refractivity contribution in [3.05, 3.63) is 35.4 Å².